The molecule has 26 heavy (non-hydrogen) atoms. The summed E-state index contributed by atoms with van der Waals surface area (Å²) in [6, 6.07) is 17.7. The molecular weight excluding hydrogens is 346 g/mol. The van der Waals surface area contributed by atoms with Crippen molar-refractivity contribution in [1.29, 1.82) is 0 Å². The molecular formula is C20H21N3O2S. The fourth-order valence-corrected chi connectivity index (χ4v) is 3.79. The third-order valence-corrected chi connectivity index (χ3v) is 5.06. The Bertz CT molecular complexity index is 893. The first-order valence-corrected chi connectivity index (χ1v) is 9.35. The van der Waals surface area contributed by atoms with Crippen LogP contribution >= 0.6 is 11.8 Å². The lowest BCUT2D eigenvalue weighted by molar-refractivity contribution is -0.142. The number of rotatable bonds is 6. The highest BCUT2D eigenvalue weighted by Gasteiger charge is 2.26. The first-order valence-electron chi connectivity index (χ1n) is 8.47. The summed E-state index contributed by atoms with van der Waals surface area (Å²) >= 11 is 1.35. The third-order valence-electron chi connectivity index (χ3n) is 3.88. The maximum Gasteiger partial charge on any atom is 0.324 e. The van der Waals surface area contributed by atoms with E-state index in [0.29, 0.717) is 11.8 Å². The van der Waals surface area contributed by atoms with Crippen molar-refractivity contribution in [3.63, 3.8) is 0 Å². The molecule has 0 amide bonds. The molecule has 0 fully saturated rings. The van der Waals surface area contributed by atoms with Crippen LogP contribution in [0.1, 0.15) is 29.1 Å². The molecule has 2 aromatic carbocycles. The molecule has 0 saturated heterocycles. The van der Waals surface area contributed by atoms with Crippen LogP contribution in [-0.4, -0.2) is 27.3 Å². The molecule has 1 atom stereocenters. The van der Waals surface area contributed by atoms with Gasteiger partial charge in [0.1, 0.15) is 11.1 Å². The summed E-state index contributed by atoms with van der Waals surface area (Å²) in [5.74, 6) is 0.494. The van der Waals surface area contributed by atoms with Gasteiger partial charge in [-0.25, -0.2) is 0 Å². The van der Waals surface area contributed by atoms with Crippen LogP contribution in [0.15, 0.2) is 59.8 Å². The van der Waals surface area contributed by atoms with E-state index in [4.69, 9.17) is 4.74 Å². The molecule has 3 rings (SSSR count). The first kappa shape index (κ1) is 18.2. The number of aromatic nitrogens is 3. The zero-order chi connectivity index (χ0) is 18.5. The van der Waals surface area contributed by atoms with Crippen LogP contribution in [0.3, 0.4) is 0 Å². The van der Waals surface area contributed by atoms with Gasteiger partial charge in [-0.05, 0) is 44.0 Å². The number of hydrogen-bond acceptors (Lipinski definition) is 5. The average molecular weight is 367 g/mol. The summed E-state index contributed by atoms with van der Waals surface area (Å²) in [6.07, 6.45) is 0. The highest BCUT2D eigenvalue weighted by molar-refractivity contribution is 8.00. The fourth-order valence-electron chi connectivity index (χ4n) is 2.69. The number of benzene rings is 2. The van der Waals surface area contributed by atoms with Gasteiger partial charge in [-0.3, -0.25) is 9.36 Å². The summed E-state index contributed by atoms with van der Waals surface area (Å²) < 4.78 is 7.25. The van der Waals surface area contributed by atoms with Gasteiger partial charge in [0, 0.05) is 5.69 Å². The highest BCUT2D eigenvalue weighted by atomic mass is 32.2. The Morgan fingerprint density at radius 2 is 1.88 bits per heavy atom. The molecule has 0 aliphatic carbocycles. The van der Waals surface area contributed by atoms with Gasteiger partial charge in [0.25, 0.3) is 0 Å². The number of hydrogen-bond donors (Lipinski definition) is 0. The maximum atomic E-state index is 12.6. The van der Waals surface area contributed by atoms with E-state index < -0.39 is 5.25 Å². The third kappa shape index (κ3) is 3.96. The number of carbonyl (C=O) groups excluding carboxylic acids is 1. The van der Waals surface area contributed by atoms with Crippen molar-refractivity contribution < 1.29 is 9.53 Å². The normalized spacial score (nSPS) is 12.0. The van der Waals surface area contributed by atoms with E-state index in [9.17, 15) is 4.79 Å². The standard InChI is InChI=1S/C20H21N3O2S/c1-4-25-19(24)18(16-10-6-5-7-11-16)26-20-22-21-15(3)23(20)17-12-8-9-14(2)13-17/h5-13,18H,4H2,1-3H3/t18-/m1/s1. The molecule has 0 aliphatic rings. The van der Waals surface area contributed by atoms with Crippen molar-refractivity contribution in [2.75, 3.05) is 6.61 Å². The number of ether oxygens (including phenoxy) is 1. The average Bonchev–Trinajstić information content (AvgIpc) is 3.01. The quantitative estimate of drug-likeness (QED) is 0.481. The van der Waals surface area contributed by atoms with Gasteiger partial charge in [-0.1, -0.05) is 54.2 Å². The second-order valence-electron chi connectivity index (χ2n) is 5.86. The zero-order valence-electron chi connectivity index (χ0n) is 15.0. The fraction of sp³-hybridized carbons (Fsp3) is 0.250. The molecule has 5 nitrogen and oxygen atoms in total. The molecule has 1 aromatic heterocycles. The molecule has 6 heteroatoms. The summed E-state index contributed by atoms with van der Waals surface area (Å²) in [7, 11) is 0. The van der Waals surface area contributed by atoms with Crippen molar-refractivity contribution in [3.05, 3.63) is 71.5 Å². The van der Waals surface area contributed by atoms with Crippen LogP contribution in [0.25, 0.3) is 5.69 Å². The van der Waals surface area contributed by atoms with Gasteiger partial charge in [0.05, 0.1) is 6.61 Å². The molecule has 0 saturated carbocycles. The Hall–Kier alpha value is -2.60. The van der Waals surface area contributed by atoms with Crippen LogP contribution in [0.2, 0.25) is 0 Å². The number of nitrogens with zero attached hydrogens (tertiary/aromatic N) is 3. The van der Waals surface area contributed by atoms with Crippen molar-refractivity contribution in [1.82, 2.24) is 14.8 Å². The molecule has 0 aliphatic heterocycles. The van der Waals surface area contributed by atoms with Crippen molar-refractivity contribution in [3.8, 4) is 5.69 Å². The largest absolute Gasteiger partial charge is 0.465 e. The van der Waals surface area contributed by atoms with Gasteiger partial charge in [-0.15, -0.1) is 10.2 Å². The van der Waals surface area contributed by atoms with Crippen LogP contribution in [0.5, 0.6) is 0 Å². The highest BCUT2D eigenvalue weighted by Crippen LogP contribution is 2.36. The number of aryl methyl sites for hydroxylation is 2. The minimum atomic E-state index is -0.497. The van der Waals surface area contributed by atoms with Gasteiger partial charge >= 0.3 is 5.97 Å². The van der Waals surface area contributed by atoms with Gasteiger partial charge in [0.2, 0.25) is 0 Å². The van der Waals surface area contributed by atoms with Gasteiger partial charge in [-0.2, -0.15) is 0 Å². The first-order chi connectivity index (χ1) is 12.6. The molecule has 0 bridgehead atoms. The number of esters is 1. The van der Waals surface area contributed by atoms with Gasteiger partial charge < -0.3 is 4.74 Å². The van der Waals surface area contributed by atoms with E-state index in [0.717, 1.165) is 22.6 Å². The van der Waals surface area contributed by atoms with E-state index in [1.807, 2.05) is 73.9 Å². The minimum Gasteiger partial charge on any atom is -0.465 e. The second-order valence-corrected chi connectivity index (χ2v) is 6.94. The molecule has 0 radical (unpaired) electrons. The Balaban J connectivity index is 1.99. The number of thioether (sulfide) groups is 1. The Kier molecular flexibility index (Phi) is 5.73. The maximum absolute atomic E-state index is 12.6. The summed E-state index contributed by atoms with van der Waals surface area (Å²) in [4.78, 5) is 12.6. The van der Waals surface area contributed by atoms with E-state index in [2.05, 4.69) is 16.3 Å². The molecule has 0 spiro atoms. The summed E-state index contributed by atoms with van der Waals surface area (Å²) in [5, 5.41) is 8.68. The van der Waals surface area contributed by atoms with Crippen molar-refractivity contribution >= 4 is 17.7 Å². The van der Waals surface area contributed by atoms with Crippen LogP contribution in [-0.2, 0) is 9.53 Å². The SMILES string of the molecule is CCOC(=O)[C@H](Sc1nnc(C)n1-c1cccc(C)c1)c1ccccc1. The lowest BCUT2D eigenvalue weighted by Crippen LogP contribution is -2.14. The molecule has 0 N–H and O–H groups in total. The van der Waals surface area contributed by atoms with Gasteiger partial charge in [0.15, 0.2) is 5.16 Å². The molecule has 134 valence electrons. The topological polar surface area (TPSA) is 57.0 Å². The smallest absolute Gasteiger partial charge is 0.324 e. The predicted molar refractivity (Wildman–Crippen MR) is 103 cm³/mol. The molecule has 3 aromatic rings. The Morgan fingerprint density at radius 3 is 2.58 bits per heavy atom. The Labute approximate surface area is 157 Å². The lowest BCUT2D eigenvalue weighted by Gasteiger charge is -2.16. The van der Waals surface area contributed by atoms with Crippen molar-refractivity contribution in [2.45, 2.75) is 31.2 Å². The minimum absolute atomic E-state index is 0.278. The van der Waals surface area contributed by atoms with Crippen molar-refractivity contribution in [2.24, 2.45) is 0 Å². The van der Waals surface area contributed by atoms with E-state index in [1.54, 1.807) is 0 Å². The predicted octanol–water partition coefficient (Wildman–Crippen LogP) is 4.28. The van der Waals surface area contributed by atoms with Crippen LogP contribution in [0.4, 0.5) is 0 Å². The molecule has 1 heterocycles. The number of carbonyl (C=O) groups is 1. The second kappa shape index (κ2) is 8.19. The summed E-state index contributed by atoms with van der Waals surface area (Å²) in [5.41, 5.74) is 3.01. The van der Waals surface area contributed by atoms with E-state index in [-0.39, 0.29) is 5.97 Å². The zero-order valence-corrected chi connectivity index (χ0v) is 15.9. The molecule has 0 unspecified atom stereocenters. The van der Waals surface area contributed by atoms with E-state index >= 15 is 0 Å². The lowest BCUT2D eigenvalue weighted by atomic mass is 10.1. The van der Waals surface area contributed by atoms with Crippen LogP contribution < -0.4 is 0 Å². The van der Waals surface area contributed by atoms with Crippen LogP contribution in [0, 0.1) is 13.8 Å². The van der Waals surface area contributed by atoms with E-state index in [1.165, 1.54) is 11.8 Å². The Morgan fingerprint density at radius 1 is 1.12 bits per heavy atom. The monoisotopic (exact) mass is 367 g/mol. The summed E-state index contributed by atoms with van der Waals surface area (Å²) in [6.45, 7) is 6.10.